The summed E-state index contributed by atoms with van der Waals surface area (Å²) in [6, 6.07) is 14.9. The minimum Gasteiger partial charge on any atom is -0.497 e. The normalized spacial score (nSPS) is 10.5. The van der Waals surface area contributed by atoms with Crippen LogP contribution >= 0.6 is 11.9 Å². The lowest BCUT2D eigenvalue weighted by molar-refractivity contribution is 0.0946. The molecule has 1 aromatic heterocycles. The number of carbonyl (C=O) groups excluding carboxylic acids is 1. The van der Waals surface area contributed by atoms with Crippen LogP contribution in [0.1, 0.15) is 10.4 Å². The Morgan fingerprint density at radius 3 is 2.72 bits per heavy atom. The van der Waals surface area contributed by atoms with Gasteiger partial charge in [-0.15, -0.1) is 0 Å². The number of benzene rings is 2. The second-order valence-corrected chi connectivity index (χ2v) is 5.86. The lowest BCUT2D eigenvalue weighted by Crippen LogP contribution is -2.32. The Morgan fingerprint density at radius 2 is 2.00 bits per heavy atom. The number of rotatable bonds is 6. The molecule has 2 N–H and O–H groups in total. The number of methoxy groups -OCH3 is 1. The molecule has 5 nitrogen and oxygen atoms in total. The first-order valence-corrected chi connectivity index (χ1v) is 8.18. The Kier molecular flexibility index (Phi) is 5.37. The summed E-state index contributed by atoms with van der Waals surface area (Å²) in [5.41, 5.74) is 3.62. The van der Waals surface area contributed by atoms with Crippen LogP contribution in [0.5, 0.6) is 5.75 Å². The molecule has 0 unspecified atom stereocenters. The number of amides is 1. The predicted octanol–water partition coefficient (Wildman–Crippen LogP) is 4.04. The topological polar surface area (TPSA) is 63.5 Å². The summed E-state index contributed by atoms with van der Waals surface area (Å²) >= 11 is 0.975. The summed E-state index contributed by atoms with van der Waals surface area (Å²) in [4.78, 5) is 15.4. The standard InChI is InChI=1S/C18H15FN2O3S/c1-23-14-10-12(16-6-4-8-24-16)9-13(11-14)18(22)20-21-25-17-7-3-2-5-15(17)19/h2-11,21H,1H3,(H,20,22). The van der Waals surface area contributed by atoms with Gasteiger partial charge in [0.1, 0.15) is 17.3 Å². The van der Waals surface area contributed by atoms with Crippen molar-refractivity contribution in [3.05, 3.63) is 72.2 Å². The monoisotopic (exact) mass is 358 g/mol. The van der Waals surface area contributed by atoms with Crippen molar-refractivity contribution < 1.29 is 18.3 Å². The van der Waals surface area contributed by atoms with E-state index < -0.39 is 0 Å². The zero-order valence-corrected chi connectivity index (χ0v) is 14.1. The average molecular weight is 358 g/mol. The molecule has 0 saturated heterocycles. The Labute approximate surface area is 148 Å². The van der Waals surface area contributed by atoms with Crippen LogP contribution in [-0.4, -0.2) is 13.0 Å². The molecular formula is C18H15FN2O3S. The Balaban J connectivity index is 1.71. The van der Waals surface area contributed by atoms with Gasteiger partial charge in [-0.2, -0.15) is 4.83 Å². The van der Waals surface area contributed by atoms with E-state index in [2.05, 4.69) is 10.3 Å². The minimum absolute atomic E-state index is 0.365. The second kappa shape index (κ2) is 7.87. The molecule has 0 aliphatic carbocycles. The van der Waals surface area contributed by atoms with Crippen LogP contribution in [0.3, 0.4) is 0 Å². The van der Waals surface area contributed by atoms with Crippen LogP contribution in [0.15, 0.2) is 70.2 Å². The highest BCUT2D eigenvalue weighted by Gasteiger charge is 2.12. The molecule has 0 aliphatic rings. The quantitative estimate of drug-likeness (QED) is 0.514. The maximum atomic E-state index is 13.5. The van der Waals surface area contributed by atoms with Crippen molar-refractivity contribution in [2.24, 2.45) is 0 Å². The summed E-state index contributed by atoms with van der Waals surface area (Å²) in [7, 11) is 1.52. The van der Waals surface area contributed by atoms with Crippen LogP contribution in [0.25, 0.3) is 11.3 Å². The Bertz CT molecular complexity index is 869. The van der Waals surface area contributed by atoms with E-state index in [9.17, 15) is 9.18 Å². The maximum Gasteiger partial charge on any atom is 0.266 e. The molecule has 0 saturated carbocycles. The van der Waals surface area contributed by atoms with Crippen molar-refractivity contribution in [1.82, 2.24) is 10.3 Å². The highest BCUT2D eigenvalue weighted by Crippen LogP contribution is 2.26. The van der Waals surface area contributed by atoms with Gasteiger partial charge in [-0.25, -0.2) is 4.39 Å². The molecule has 2 aromatic carbocycles. The number of hydrogen-bond acceptors (Lipinski definition) is 5. The first-order valence-electron chi connectivity index (χ1n) is 7.37. The predicted molar refractivity (Wildman–Crippen MR) is 93.6 cm³/mol. The van der Waals surface area contributed by atoms with E-state index in [4.69, 9.17) is 9.15 Å². The zero-order valence-electron chi connectivity index (χ0n) is 13.3. The van der Waals surface area contributed by atoms with Crippen molar-refractivity contribution in [3.8, 4) is 17.1 Å². The number of ether oxygens (including phenoxy) is 1. The second-order valence-electron chi connectivity index (χ2n) is 5.02. The molecular weight excluding hydrogens is 343 g/mol. The van der Waals surface area contributed by atoms with Crippen LogP contribution in [0, 0.1) is 5.82 Å². The lowest BCUT2D eigenvalue weighted by atomic mass is 10.1. The van der Waals surface area contributed by atoms with E-state index in [1.165, 1.54) is 13.2 Å². The molecule has 0 fully saturated rings. The van der Waals surface area contributed by atoms with E-state index in [0.29, 0.717) is 22.0 Å². The smallest absolute Gasteiger partial charge is 0.266 e. The van der Waals surface area contributed by atoms with Gasteiger partial charge in [0.05, 0.1) is 18.3 Å². The summed E-state index contributed by atoms with van der Waals surface area (Å²) in [5, 5.41) is 0. The molecule has 25 heavy (non-hydrogen) atoms. The molecule has 0 atom stereocenters. The molecule has 3 aromatic rings. The summed E-state index contributed by atoms with van der Waals surface area (Å²) in [5.74, 6) is 0.411. The Morgan fingerprint density at radius 1 is 1.16 bits per heavy atom. The number of carbonyl (C=O) groups is 1. The number of furan rings is 1. The van der Waals surface area contributed by atoms with Gasteiger partial charge < -0.3 is 9.15 Å². The first-order chi connectivity index (χ1) is 12.2. The maximum absolute atomic E-state index is 13.5. The van der Waals surface area contributed by atoms with E-state index in [-0.39, 0.29) is 11.7 Å². The summed E-state index contributed by atoms with van der Waals surface area (Å²) < 4.78 is 24.1. The van der Waals surface area contributed by atoms with Crippen molar-refractivity contribution in [2.75, 3.05) is 7.11 Å². The van der Waals surface area contributed by atoms with Crippen LogP contribution in [-0.2, 0) is 0 Å². The molecule has 0 bridgehead atoms. The van der Waals surface area contributed by atoms with Crippen LogP contribution < -0.4 is 15.0 Å². The molecule has 3 rings (SSSR count). The number of nitrogens with one attached hydrogen (secondary N) is 2. The first kappa shape index (κ1) is 17.1. The summed E-state index contributed by atoms with van der Waals surface area (Å²) in [6.07, 6.45) is 1.56. The highest BCUT2D eigenvalue weighted by molar-refractivity contribution is 7.97. The van der Waals surface area contributed by atoms with Crippen LogP contribution in [0.2, 0.25) is 0 Å². The fourth-order valence-electron chi connectivity index (χ4n) is 2.16. The summed E-state index contributed by atoms with van der Waals surface area (Å²) in [6.45, 7) is 0. The van der Waals surface area contributed by atoms with Gasteiger partial charge in [-0.1, -0.05) is 12.1 Å². The van der Waals surface area contributed by atoms with Crippen molar-refractivity contribution >= 4 is 17.9 Å². The molecule has 1 heterocycles. The van der Waals surface area contributed by atoms with E-state index in [1.54, 1.807) is 54.8 Å². The fourth-order valence-corrected chi connectivity index (χ4v) is 2.73. The number of halogens is 1. The van der Waals surface area contributed by atoms with Crippen LogP contribution in [0.4, 0.5) is 4.39 Å². The molecule has 128 valence electrons. The van der Waals surface area contributed by atoms with Crippen molar-refractivity contribution in [3.63, 3.8) is 0 Å². The van der Waals surface area contributed by atoms with Crippen molar-refractivity contribution in [1.29, 1.82) is 0 Å². The number of hydrazine groups is 1. The molecule has 1 amide bonds. The van der Waals surface area contributed by atoms with E-state index in [1.807, 2.05) is 0 Å². The van der Waals surface area contributed by atoms with Gasteiger partial charge >= 0.3 is 0 Å². The highest BCUT2D eigenvalue weighted by atomic mass is 32.2. The third kappa shape index (κ3) is 4.20. The molecule has 0 aliphatic heterocycles. The third-order valence-corrected chi connectivity index (χ3v) is 4.13. The minimum atomic E-state index is -0.379. The number of hydrogen-bond donors (Lipinski definition) is 2. The average Bonchev–Trinajstić information content (AvgIpc) is 3.17. The van der Waals surface area contributed by atoms with Gasteiger partial charge in [0.25, 0.3) is 5.91 Å². The van der Waals surface area contributed by atoms with E-state index >= 15 is 0 Å². The van der Waals surface area contributed by atoms with E-state index in [0.717, 1.165) is 17.5 Å². The largest absolute Gasteiger partial charge is 0.497 e. The lowest BCUT2D eigenvalue weighted by Gasteiger charge is -2.10. The van der Waals surface area contributed by atoms with Gasteiger partial charge in [-0.05, 0) is 54.4 Å². The zero-order chi connectivity index (χ0) is 17.6. The van der Waals surface area contributed by atoms with Crippen molar-refractivity contribution in [2.45, 2.75) is 4.90 Å². The molecule has 0 radical (unpaired) electrons. The fraction of sp³-hybridized carbons (Fsp3) is 0.0556. The van der Waals surface area contributed by atoms with Gasteiger partial charge in [0.15, 0.2) is 0 Å². The van der Waals surface area contributed by atoms with Gasteiger partial charge in [0.2, 0.25) is 0 Å². The van der Waals surface area contributed by atoms with Gasteiger partial charge in [-0.3, -0.25) is 10.2 Å². The third-order valence-electron chi connectivity index (χ3n) is 3.37. The van der Waals surface area contributed by atoms with Gasteiger partial charge in [0, 0.05) is 11.1 Å². The Hall–Kier alpha value is -2.77. The SMILES string of the molecule is COc1cc(C(=O)NNSc2ccccc2F)cc(-c2ccco2)c1. The molecule has 7 heteroatoms. The molecule has 0 spiro atoms.